The van der Waals surface area contributed by atoms with E-state index in [2.05, 4.69) is 0 Å². The summed E-state index contributed by atoms with van der Waals surface area (Å²) >= 11 is 0. The fraction of sp³-hybridized carbons (Fsp3) is 0.682. The molecule has 184 valence electrons. The molecule has 0 amide bonds. The summed E-state index contributed by atoms with van der Waals surface area (Å²) in [6.07, 6.45) is -1.61. The van der Waals surface area contributed by atoms with Crippen molar-refractivity contribution in [2.75, 3.05) is 6.61 Å². The van der Waals surface area contributed by atoms with Gasteiger partial charge in [0.15, 0.2) is 24.6 Å². The van der Waals surface area contributed by atoms with Crippen LogP contribution in [0.2, 0.25) is 0 Å². The van der Waals surface area contributed by atoms with Gasteiger partial charge in [0.25, 0.3) is 0 Å². The second-order valence-corrected chi connectivity index (χ2v) is 8.21. The summed E-state index contributed by atoms with van der Waals surface area (Å²) < 4.78 is 33.1. The van der Waals surface area contributed by atoms with Crippen molar-refractivity contribution >= 4 is 30.2 Å². The maximum Gasteiger partial charge on any atom is 0.303 e. The predicted octanol–water partition coefficient (Wildman–Crippen LogP) is 1.01. The number of carbonyl (C=O) groups is 5. The van der Waals surface area contributed by atoms with E-state index < -0.39 is 66.1 Å². The molecule has 0 radical (unpaired) electrons. The van der Waals surface area contributed by atoms with Gasteiger partial charge in [0, 0.05) is 27.7 Å². The summed E-state index contributed by atoms with van der Waals surface area (Å²) in [5.41, 5.74) is -0.881. The minimum absolute atomic E-state index is 0.358. The standard InChI is InChI=1S/C22H30O11/c1-12(24)28-10-16-18(29-13(2)25)19(30-14(3)26)20(31-15(4)27)21(32-16)33-17-8-6-7-9-22(17,5)11-23/h6,8,11,16-21H,7,9-10H2,1-5H3/t16-,17-,18-,19+,20-,21+,22+/m1/s1. The first-order valence-electron chi connectivity index (χ1n) is 10.6. The Morgan fingerprint density at radius 3 is 2.06 bits per heavy atom. The zero-order valence-electron chi connectivity index (χ0n) is 19.3. The minimum Gasteiger partial charge on any atom is -0.463 e. The van der Waals surface area contributed by atoms with Gasteiger partial charge in [-0.2, -0.15) is 0 Å². The van der Waals surface area contributed by atoms with Gasteiger partial charge in [-0.3, -0.25) is 19.2 Å². The van der Waals surface area contributed by atoms with Gasteiger partial charge in [0.1, 0.15) is 19.0 Å². The van der Waals surface area contributed by atoms with Crippen LogP contribution in [0.25, 0.3) is 0 Å². The molecule has 2 rings (SSSR count). The maximum absolute atomic E-state index is 11.9. The molecule has 1 heterocycles. The van der Waals surface area contributed by atoms with Crippen LogP contribution in [0.15, 0.2) is 12.2 Å². The van der Waals surface area contributed by atoms with Gasteiger partial charge >= 0.3 is 23.9 Å². The fourth-order valence-corrected chi connectivity index (χ4v) is 3.75. The number of aldehydes is 1. The van der Waals surface area contributed by atoms with Crippen molar-refractivity contribution in [2.45, 2.75) is 84.3 Å². The van der Waals surface area contributed by atoms with E-state index in [1.807, 2.05) is 6.08 Å². The zero-order valence-corrected chi connectivity index (χ0v) is 19.3. The number of esters is 4. The van der Waals surface area contributed by atoms with Crippen molar-refractivity contribution < 1.29 is 52.4 Å². The largest absolute Gasteiger partial charge is 0.463 e. The zero-order chi connectivity index (χ0) is 24.8. The molecular formula is C22H30O11. The first-order valence-corrected chi connectivity index (χ1v) is 10.6. The molecule has 11 nitrogen and oxygen atoms in total. The maximum atomic E-state index is 11.9. The summed E-state index contributed by atoms with van der Waals surface area (Å²) in [5.74, 6) is -2.81. The Labute approximate surface area is 191 Å². The van der Waals surface area contributed by atoms with Gasteiger partial charge in [0.05, 0.1) is 11.5 Å². The molecule has 0 aromatic carbocycles. The Morgan fingerprint density at radius 2 is 1.52 bits per heavy atom. The molecule has 11 heteroatoms. The molecule has 0 aromatic rings. The summed E-state index contributed by atoms with van der Waals surface area (Å²) in [5, 5.41) is 0. The van der Waals surface area contributed by atoms with Crippen LogP contribution in [0.3, 0.4) is 0 Å². The van der Waals surface area contributed by atoms with Crippen LogP contribution in [0.5, 0.6) is 0 Å². The lowest BCUT2D eigenvalue weighted by Crippen LogP contribution is -2.63. The number of rotatable bonds is 8. The van der Waals surface area contributed by atoms with Gasteiger partial charge in [0.2, 0.25) is 0 Å². The van der Waals surface area contributed by atoms with Crippen molar-refractivity contribution in [1.29, 1.82) is 0 Å². The highest BCUT2D eigenvalue weighted by molar-refractivity contribution is 5.68. The van der Waals surface area contributed by atoms with E-state index in [1.165, 1.54) is 6.92 Å². The van der Waals surface area contributed by atoms with Gasteiger partial charge in [-0.05, 0) is 12.8 Å². The topological polar surface area (TPSA) is 141 Å². The van der Waals surface area contributed by atoms with Crippen LogP contribution in [0, 0.1) is 5.41 Å². The third-order valence-corrected chi connectivity index (χ3v) is 5.31. The number of allylic oxidation sites excluding steroid dienone is 1. The highest BCUT2D eigenvalue weighted by Gasteiger charge is 2.54. The van der Waals surface area contributed by atoms with Crippen molar-refractivity contribution in [3.63, 3.8) is 0 Å². The minimum atomic E-state index is -1.34. The second kappa shape index (κ2) is 11.4. The molecule has 0 N–H and O–H groups in total. The second-order valence-electron chi connectivity index (χ2n) is 8.21. The molecule has 2 aliphatic rings. The van der Waals surface area contributed by atoms with Crippen LogP contribution < -0.4 is 0 Å². The smallest absolute Gasteiger partial charge is 0.303 e. The molecule has 0 bridgehead atoms. The average molecular weight is 470 g/mol. The van der Waals surface area contributed by atoms with Crippen LogP contribution in [-0.4, -0.2) is 73.6 Å². The Morgan fingerprint density at radius 1 is 0.939 bits per heavy atom. The van der Waals surface area contributed by atoms with Crippen molar-refractivity contribution in [3.05, 3.63) is 12.2 Å². The van der Waals surface area contributed by atoms with E-state index in [-0.39, 0.29) is 6.61 Å². The van der Waals surface area contributed by atoms with Crippen LogP contribution in [0.1, 0.15) is 47.5 Å². The number of ether oxygens (including phenoxy) is 6. The quantitative estimate of drug-likeness (QED) is 0.217. The van der Waals surface area contributed by atoms with Crippen molar-refractivity contribution in [2.24, 2.45) is 5.41 Å². The van der Waals surface area contributed by atoms with E-state index in [0.29, 0.717) is 12.8 Å². The monoisotopic (exact) mass is 470 g/mol. The van der Waals surface area contributed by atoms with Crippen molar-refractivity contribution in [3.8, 4) is 0 Å². The highest BCUT2D eigenvalue weighted by atomic mass is 16.7. The van der Waals surface area contributed by atoms with Gasteiger partial charge in [-0.15, -0.1) is 0 Å². The molecule has 1 saturated heterocycles. The molecule has 0 saturated carbocycles. The van der Waals surface area contributed by atoms with E-state index in [0.717, 1.165) is 27.1 Å². The lowest BCUT2D eigenvalue weighted by Gasteiger charge is -2.46. The van der Waals surface area contributed by atoms with Crippen LogP contribution >= 0.6 is 0 Å². The summed E-state index contributed by atoms with van der Waals surface area (Å²) in [7, 11) is 0. The Balaban J connectivity index is 2.46. The lowest BCUT2D eigenvalue weighted by atomic mass is 9.78. The molecule has 0 spiro atoms. The number of carbonyl (C=O) groups excluding carboxylic acids is 5. The first kappa shape index (κ1) is 26.5. The molecule has 1 fully saturated rings. The Hall–Kier alpha value is -2.79. The predicted molar refractivity (Wildman–Crippen MR) is 109 cm³/mol. The molecular weight excluding hydrogens is 440 g/mol. The van der Waals surface area contributed by atoms with Gasteiger partial charge < -0.3 is 33.2 Å². The third-order valence-electron chi connectivity index (χ3n) is 5.31. The summed E-state index contributed by atoms with van der Waals surface area (Å²) in [6.45, 7) is 5.96. The number of hydrogen-bond acceptors (Lipinski definition) is 11. The lowest BCUT2D eigenvalue weighted by molar-refractivity contribution is -0.318. The molecule has 0 aromatic heterocycles. The van der Waals surface area contributed by atoms with Crippen LogP contribution in [-0.2, 0) is 52.4 Å². The SMILES string of the molecule is CC(=O)OC[C@H]1O[C@@H](O[C@@H]2C=CCC[C@@]2(C)C=O)[C@H](OC(C)=O)[C@@H](OC(C)=O)[C@@H]1OC(C)=O. The third kappa shape index (κ3) is 7.10. The van der Waals surface area contributed by atoms with E-state index in [9.17, 15) is 24.0 Å². The van der Waals surface area contributed by atoms with Crippen LogP contribution in [0.4, 0.5) is 0 Å². The van der Waals surface area contributed by atoms with E-state index in [1.54, 1.807) is 13.0 Å². The molecule has 1 aliphatic heterocycles. The summed E-state index contributed by atoms with van der Waals surface area (Å²) in [4.78, 5) is 58.7. The molecule has 33 heavy (non-hydrogen) atoms. The van der Waals surface area contributed by atoms with E-state index in [4.69, 9.17) is 28.4 Å². The Bertz CT molecular complexity index is 791. The fourth-order valence-electron chi connectivity index (χ4n) is 3.75. The number of hydrogen-bond donors (Lipinski definition) is 0. The molecule has 1 aliphatic carbocycles. The Kier molecular flexibility index (Phi) is 9.12. The average Bonchev–Trinajstić information content (AvgIpc) is 2.71. The summed E-state index contributed by atoms with van der Waals surface area (Å²) in [6, 6.07) is 0. The van der Waals surface area contributed by atoms with Crippen molar-refractivity contribution in [1.82, 2.24) is 0 Å². The highest BCUT2D eigenvalue weighted by Crippen LogP contribution is 2.37. The van der Waals surface area contributed by atoms with Gasteiger partial charge in [-0.25, -0.2) is 0 Å². The molecule has 0 unspecified atom stereocenters. The first-order chi connectivity index (χ1) is 15.5. The normalized spacial score (nSPS) is 33.5. The van der Waals surface area contributed by atoms with E-state index >= 15 is 0 Å². The molecule has 7 atom stereocenters. The van der Waals surface area contributed by atoms with Gasteiger partial charge in [-0.1, -0.05) is 19.1 Å².